The number of hydrogen-bond acceptors (Lipinski definition) is 2. The molecule has 0 radical (unpaired) electrons. The summed E-state index contributed by atoms with van der Waals surface area (Å²) in [7, 11) is 0. The maximum absolute atomic E-state index is 6.21. The first-order valence-electron chi connectivity index (χ1n) is 6.83. The lowest BCUT2D eigenvalue weighted by molar-refractivity contribution is -0.0603. The number of benzene rings is 1. The molecule has 1 aromatic carbocycles. The molecule has 1 aliphatic carbocycles. The Kier molecular flexibility index (Phi) is 5.22. The van der Waals surface area contributed by atoms with Crippen molar-refractivity contribution in [2.45, 2.75) is 50.7 Å². The molecule has 2 nitrogen and oxygen atoms in total. The smallest absolute Gasteiger partial charge is 0.0808 e. The van der Waals surface area contributed by atoms with Gasteiger partial charge in [-0.1, -0.05) is 59.8 Å². The van der Waals surface area contributed by atoms with Gasteiger partial charge in [-0.05, 0) is 24.5 Å². The minimum atomic E-state index is -0.0915. The molecule has 0 heterocycles. The van der Waals surface area contributed by atoms with E-state index in [1.54, 1.807) is 0 Å². The Bertz CT molecular complexity index is 373. The molecule has 0 spiro atoms. The lowest BCUT2D eigenvalue weighted by Gasteiger charge is -2.32. The van der Waals surface area contributed by atoms with Crippen LogP contribution in [0.5, 0.6) is 0 Å². The Morgan fingerprint density at radius 1 is 1.11 bits per heavy atom. The van der Waals surface area contributed by atoms with Crippen molar-refractivity contribution in [2.75, 3.05) is 6.54 Å². The van der Waals surface area contributed by atoms with Gasteiger partial charge in [0.15, 0.2) is 0 Å². The molecule has 18 heavy (non-hydrogen) atoms. The maximum Gasteiger partial charge on any atom is 0.0808 e. The molecule has 2 rings (SSSR count). The van der Waals surface area contributed by atoms with Gasteiger partial charge in [-0.2, -0.15) is 0 Å². The van der Waals surface area contributed by atoms with Gasteiger partial charge >= 0.3 is 0 Å². The Hall–Kier alpha value is -0.380. The van der Waals surface area contributed by atoms with Gasteiger partial charge in [0.2, 0.25) is 0 Å². The van der Waals surface area contributed by atoms with Gasteiger partial charge < -0.3 is 10.5 Å². The quantitative estimate of drug-likeness (QED) is 0.852. The van der Waals surface area contributed by atoms with Crippen molar-refractivity contribution in [3.8, 4) is 0 Å². The summed E-state index contributed by atoms with van der Waals surface area (Å²) in [5.41, 5.74) is 7.08. The summed E-state index contributed by atoms with van der Waals surface area (Å²) < 4.78 is 7.33. The molecule has 1 fully saturated rings. The van der Waals surface area contributed by atoms with E-state index in [4.69, 9.17) is 10.5 Å². The van der Waals surface area contributed by atoms with Crippen molar-refractivity contribution in [1.82, 2.24) is 0 Å². The second-order valence-corrected chi connectivity index (χ2v) is 6.04. The van der Waals surface area contributed by atoms with Crippen LogP contribution in [0, 0.1) is 0 Å². The first kappa shape index (κ1) is 14.0. The Labute approximate surface area is 118 Å². The lowest BCUT2D eigenvalue weighted by Crippen LogP contribution is -2.40. The van der Waals surface area contributed by atoms with E-state index >= 15 is 0 Å². The molecule has 0 atom stereocenters. The maximum atomic E-state index is 6.21. The SMILES string of the molecule is NCC1(OCc2ccccc2Br)CCCCCC1. The molecule has 1 aromatic rings. The third kappa shape index (κ3) is 3.56. The van der Waals surface area contributed by atoms with E-state index in [9.17, 15) is 0 Å². The van der Waals surface area contributed by atoms with E-state index in [2.05, 4.69) is 28.1 Å². The van der Waals surface area contributed by atoms with Gasteiger partial charge in [-0.15, -0.1) is 0 Å². The normalized spacial score (nSPS) is 19.4. The van der Waals surface area contributed by atoms with E-state index < -0.39 is 0 Å². The highest BCUT2D eigenvalue weighted by molar-refractivity contribution is 9.10. The highest BCUT2D eigenvalue weighted by Gasteiger charge is 2.30. The molecule has 2 N–H and O–H groups in total. The average molecular weight is 312 g/mol. The lowest BCUT2D eigenvalue weighted by atomic mass is 9.94. The summed E-state index contributed by atoms with van der Waals surface area (Å²) in [5, 5.41) is 0. The van der Waals surface area contributed by atoms with Gasteiger partial charge in [0, 0.05) is 11.0 Å². The third-order valence-electron chi connectivity index (χ3n) is 3.88. The number of ether oxygens (including phenoxy) is 1. The topological polar surface area (TPSA) is 35.2 Å². The van der Waals surface area contributed by atoms with Crippen molar-refractivity contribution in [3.63, 3.8) is 0 Å². The Morgan fingerprint density at radius 2 is 1.78 bits per heavy atom. The molecule has 1 saturated carbocycles. The fraction of sp³-hybridized carbons (Fsp3) is 0.600. The first-order chi connectivity index (χ1) is 8.76. The molecule has 0 aliphatic heterocycles. The molecule has 0 amide bonds. The summed E-state index contributed by atoms with van der Waals surface area (Å²) in [6.07, 6.45) is 7.34. The van der Waals surface area contributed by atoms with Gasteiger partial charge in [-0.25, -0.2) is 0 Å². The summed E-state index contributed by atoms with van der Waals surface area (Å²) >= 11 is 3.57. The van der Waals surface area contributed by atoms with Crippen LogP contribution < -0.4 is 5.73 Å². The van der Waals surface area contributed by atoms with E-state index in [-0.39, 0.29) is 5.60 Å². The largest absolute Gasteiger partial charge is 0.369 e. The van der Waals surface area contributed by atoms with Crippen LogP contribution in [-0.2, 0) is 11.3 Å². The molecule has 3 heteroatoms. The summed E-state index contributed by atoms with van der Waals surface area (Å²) in [5.74, 6) is 0. The van der Waals surface area contributed by atoms with Gasteiger partial charge in [0.25, 0.3) is 0 Å². The summed E-state index contributed by atoms with van der Waals surface area (Å²) in [4.78, 5) is 0. The second-order valence-electron chi connectivity index (χ2n) is 5.18. The number of rotatable bonds is 4. The highest BCUT2D eigenvalue weighted by Crippen LogP contribution is 2.31. The zero-order valence-corrected chi connectivity index (χ0v) is 12.4. The standard InChI is InChI=1S/C15H22BrNO/c16-14-8-4-3-7-13(14)11-18-15(12-17)9-5-1-2-6-10-15/h3-4,7-8H,1-2,5-6,9-12,17H2. The molecular formula is C15H22BrNO. The van der Waals surface area contributed by atoms with E-state index in [0.29, 0.717) is 13.2 Å². The van der Waals surface area contributed by atoms with Crippen molar-refractivity contribution in [1.29, 1.82) is 0 Å². The van der Waals surface area contributed by atoms with Crippen LogP contribution in [0.25, 0.3) is 0 Å². The van der Waals surface area contributed by atoms with E-state index in [1.807, 2.05) is 12.1 Å². The van der Waals surface area contributed by atoms with Gasteiger partial charge in [0.1, 0.15) is 0 Å². The minimum Gasteiger partial charge on any atom is -0.369 e. The molecule has 0 saturated heterocycles. The fourth-order valence-corrected chi connectivity index (χ4v) is 3.03. The van der Waals surface area contributed by atoms with Crippen LogP contribution in [0.4, 0.5) is 0 Å². The van der Waals surface area contributed by atoms with Crippen LogP contribution in [0.3, 0.4) is 0 Å². The van der Waals surface area contributed by atoms with Crippen molar-refractivity contribution in [3.05, 3.63) is 34.3 Å². The zero-order chi connectivity index (χ0) is 12.8. The van der Waals surface area contributed by atoms with Crippen LogP contribution in [-0.4, -0.2) is 12.1 Å². The predicted molar refractivity (Wildman–Crippen MR) is 78.4 cm³/mol. The Balaban J connectivity index is 2.00. The summed E-state index contributed by atoms with van der Waals surface area (Å²) in [6.45, 7) is 1.29. The van der Waals surface area contributed by atoms with Crippen LogP contribution in [0.2, 0.25) is 0 Å². The predicted octanol–water partition coefficient (Wildman–Crippen LogP) is 4.02. The monoisotopic (exact) mass is 311 g/mol. The van der Waals surface area contributed by atoms with Crippen LogP contribution in [0.1, 0.15) is 44.1 Å². The average Bonchev–Trinajstić information content (AvgIpc) is 2.64. The Morgan fingerprint density at radius 3 is 2.39 bits per heavy atom. The van der Waals surface area contributed by atoms with Crippen molar-refractivity contribution >= 4 is 15.9 Å². The molecule has 1 aliphatic rings. The first-order valence-corrected chi connectivity index (χ1v) is 7.62. The van der Waals surface area contributed by atoms with Crippen LogP contribution in [0.15, 0.2) is 28.7 Å². The fourth-order valence-electron chi connectivity index (χ4n) is 2.63. The van der Waals surface area contributed by atoms with Crippen molar-refractivity contribution < 1.29 is 4.74 Å². The van der Waals surface area contributed by atoms with E-state index in [0.717, 1.165) is 17.3 Å². The molecule has 0 aromatic heterocycles. The molecule has 100 valence electrons. The third-order valence-corrected chi connectivity index (χ3v) is 4.65. The minimum absolute atomic E-state index is 0.0915. The number of hydrogen-bond donors (Lipinski definition) is 1. The molecular weight excluding hydrogens is 290 g/mol. The van der Waals surface area contributed by atoms with E-state index in [1.165, 1.54) is 31.2 Å². The number of halogens is 1. The van der Waals surface area contributed by atoms with Gasteiger partial charge in [-0.3, -0.25) is 0 Å². The van der Waals surface area contributed by atoms with Crippen molar-refractivity contribution in [2.24, 2.45) is 5.73 Å². The highest BCUT2D eigenvalue weighted by atomic mass is 79.9. The molecule has 0 unspecified atom stereocenters. The summed E-state index contributed by atoms with van der Waals surface area (Å²) in [6, 6.07) is 8.23. The molecule has 0 bridgehead atoms. The van der Waals surface area contributed by atoms with Crippen LogP contribution >= 0.6 is 15.9 Å². The van der Waals surface area contributed by atoms with Gasteiger partial charge in [0.05, 0.1) is 12.2 Å². The zero-order valence-electron chi connectivity index (χ0n) is 10.8. The second kappa shape index (κ2) is 6.69. The number of nitrogens with two attached hydrogens (primary N) is 1.